The summed E-state index contributed by atoms with van der Waals surface area (Å²) in [5, 5.41) is 0.514. The van der Waals surface area contributed by atoms with Crippen LogP contribution < -0.4 is 0 Å². The second-order valence-corrected chi connectivity index (χ2v) is 4.83. The molecular formula is C10H17Cl. The summed E-state index contributed by atoms with van der Waals surface area (Å²) >= 11 is 6.09. The number of halogens is 1. The highest BCUT2D eigenvalue weighted by Gasteiger charge is 2.31. The number of hydrogen-bond acceptors (Lipinski definition) is 0. The largest absolute Gasteiger partial charge is 0.123 e. The quantitative estimate of drug-likeness (QED) is 0.531. The zero-order chi connectivity index (χ0) is 7.68. The summed E-state index contributed by atoms with van der Waals surface area (Å²) in [5.41, 5.74) is 0. The first kappa shape index (κ1) is 7.91. The van der Waals surface area contributed by atoms with Crippen molar-refractivity contribution in [2.24, 2.45) is 11.8 Å². The molecule has 0 radical (unpaired) electrons. The molecule has 11 heavy (non-hydrogen) atoms. The molecule has 0 N–H and O–H groups in total. The molecule has 2 aliphatic carbocycles. The van der Waals surface area contributed by atoms with Crippen LogP contribution in [0.5, 0.6) is 0 Å². The molecule has 0 amide bonds. The van der Waals surface area contributed by atoms with Crippen molar-refractivity contribution in [3.05, 3.63) is 0 Å². The summed E-state index contributed by atoms with van der Waals surface area (Å²) < 4.78 is 0. The van der Waals surface area contributed by atoms with Gasteiger partial charge in [0.25, 0.3) is 0 Å². The van der Waals surface area contributed by atoms with E-state index < -0.39 is 0 Å². The third-order valence-electron chi connectivity index (χ3n) is 3.48. The van der Waals surface area contributed by atoms with Gasteiger partial charge in [-0.25, -0.2) is 0 Å². The lowest BCUT2D eigenvalue weighted by Gasteiger charge is -2.16. The van der Waals surface area contributed by atoms with Crippen molar-refractivity contribution in [2.75, 3.05) is 0 Å². The van der Waals surface area contributed by atoms with Gasteiger partial charge in [0.15, 0.2) is 0 Å². The molecule has 1 heteroatoms. The monoisotopic (exact) mass is 172 g/mol. The molecule has 0 spiro atoms. The molecule has 2 fully saturated rings. The lowest BCUT2D eigenvalue weighted by atomic mass is 9.90. The van der Waals surface area contributed by atoms with Crippen molar-refractivity contribution in [1.29, 1.82) is 0 Å². The van der Waals surface area contributed by atoms with Crippen LogP contribution in [0.3, 0.4) is 0 Å². The van der Waals surface area contributed by atoms with E-state index in [0.717, 1.165) is 11.8 Å². The molecule has 0 aliphatic heterocycles. The summed E-state index contributed by atoms with van der Waals surface area (Å²) in [7, 11) is 0. The summed E-state index contributed by atoms with van der Waals surface area (Å²) in [6, 6.07) is 0. The molecular weight excluding hydrogens is 156 g/mol. The Morgan fingerprint density at radius 2 is 1.55 bits per heavy atom. The number of alkyl halides is 1. The lowest BCUT2D eigenvalue weighted by molar-refractivity contribution is 0.348. The van der Waals surface area contributed by atoms with Gasteiger partial charge in [0, 0.05) is 5.38 Å². The van der Waals surface area contributed by atoms with Gasteiger partial charge in [0.2, 0.25) is 0 Å². The molecule has 0 bridgehead atoms. The molecule has 0 nitrogen and oxygen atoms in total. The average Bonchev–Trinajstić information content (AvgIpc) is 2.55. The fourth-order valence-electron chi connectivity index (χ4n) is 2.82. The van der Waals surface area contributed by atoms with Crippen molar-refractivity contribution in [3.63, 3.8) is 0 Å². The average molecular weight is 173 g/mol. The number of rotatable bonds is 1. The Balaban J connectivity index is 1.85. The van der Waals surface area contributed by atoms with E-state index in [-0.39, 0.29) is 0 Å². The molecule has 64 valence electrons. The molecule has 0 aromatic heterocycles. The van der Waals surface area contributed by atoms with Crippen LogP contribution in [-0.4, -0.2) is 5.38 Å². The van der Waals surface area contributed by atoms with Crippen molar-refractivity contribution < 1.29 is 0 Å². The van der Waals surface area contributed by atoms with E-state index in [9.17, 15) is 0 Å². The minimum Gasteiger partial charge on any atom is -0.123 e. The first-order valence-corrected chi connectivity index (χ1v) is 5.44. The van der Waals surface area contributed by atoms with Gasteiger partial charge in [0.1, 0.15) is 0 Å². The third-order valence-corrected chi connectivity index (χ3v) is 3.87. The summed E-state index contributed by atoms with van der Waals surface area (Å²) in [6.07, 6.45) is 9.96. The maximum absolute atomic E-state index is 6.09. The van der Waals surface area contributed by atoms with Crippen LogP contribution in [0.2, 0.25) is 0 Å². The fourth-order valence-corrected chi connectivity index (χ4v) is 3.17. The van der Waals surface area contributed by atoms with Crippen LogP contribution in [0.4, 0.5) is 0 Å². The van der Waals surface area contributed by atoms with Gasteiger partial charge < -0.3 is 0 Å². The van der Waals surface area contributed by atoms with Gasteiger partial charge in [-0.3, -0.25) is 0 Å². The molecule has 0 heterocycles. The Hall–Kier alpha value is 0.290. The third kappa shape index (κ3) is 1.72. The van der Waals surface area contributed by atoms with Crippen molar-refractivity contribution >= 4 is 11.6 Å². The Morgan fingerprint density at radius 1 is 0.818 bits per heavy atom. The molecule has 0 aromatic carbocycles. The Bertz CT molecular complexity index is 127. The summed E-state index contributed by atoms with van der Waals surface area (Å²) in [4.78, 5) is 0. The SMILES string of the molecule is ClC1CCC(C2CCCC2)C1. The van der Waals surface area contributed by atoms with Gasteiger partial charge in [0.05, 0.1) is 0 Å². The second kappa shape index (κ2) is 3.35. The van der Waals surface area contributed by atoms with E-state index in [1.807, 2.05) is 0 Å². The van der Waals surface area contributed by atoms with Crippen LogP contribution in [0.25, 0.3) is 0 Å². The second-order valence-electron chi connectivity index (χ2n) is 4.21. The van der Waals surface area contributed by atoms with E-state index >= 15 is 0 Å². The van der Waals surface area contributed by atoms with Crippen molar-refractivity contribution in [2.45, 2.75) is 50.3 Å². The zero-order valence-electron chi connectivity index (χ0n) is 7.06. The van der Waals surface area contributed by atoms with Crippen LogP contribution in [0.15, 0.2) is 0 Å². The van der Waals surface area contributed by atoms with Crippen LogP contribution in [-0.2, 0) is 0 Å². The summed E-state index contributed by atoms with van der Waals surface area (Å²) in [5.74, 6) is 2.05. The van der Waals surface area contributed by atoms with Gasteiger partial charge in [-0.2, -0.15) is 0 Å². The lowest BCUT2D eigenvalue weighted by Crippen LogP contribution is -2.07. The Labute approximate surface area is 74.3 Å². The van der Waals surface area contributed by atoms with E-state index in [1.54, 1.807) is 0 Å². The number of hydrogen-bond donors (Lipinski definition) is 0. The molecule has 2 saturated carbocycles. The van der Waals surface area contributed by atoms with E-state index in [2.05, 4.69) is 0 Å². The highest BCUT2D eigenvalue weighted by Crippen LogP contribution is 2.41. The Kier molecular flexibility index (Phi) is 2.41. The molecule has 2 atom stereocenters. The van der Waals surface area contributed by atoms with E-state index in [4.69, 9.17) is 11.6 Å². The van der Waals surface area contributed by atoms with E-state index in [0.29, 0.717) is 5.38 Å². The first-order valence-electron chi connectivity index (χ1n) is 5.00. The molecule has 2 rings (SSSR count). The zero-order valence-corrected chi connectivity index (χ0v) is 7.82. The fraction of sp³-hybridized carbons (Fsp3) is 1.00. The van der Waals surface area contributed by atoms with Gasteiger partial charge in [-0.1, -0.05) is 25.7 Å². The maximum Gasteiger partial charge on any atom is 0.0338 e. The smallest absolute Gasteiger partial charge is 0.0338 e. The van der Waals surface area contributed by atoms with Crippen LogP contribution in [0.1, 0.15) is 44.9 Å². The standard InChI is InChI=1S/C10H17Cl/c11-10-6-5-9(7-10)8-3-1-2-4-8/h8-10H,1-7H2. The predicted molar refractivity (Wildman–Crippen MR) is 48.9 cm³/mol. The van der Waals surface area contributed by atoms with Gasteiger partial charge in [-0.15, -0.1) is 11.6 Å². The Morgan fingerprint density at radius 3 is 2.09 bits per heavy atom. The maximum atomic E-state index is 6.09. The van der Waals surface area contributed by atoms with E-state index in [1.165, 1.54) is 44.9 Å². The minimum atomic E-state index is 0.514. The normalized spacial score (nSPS) is 40.1. The molecule has 0 aromatic rings. The molecule has 2 aliphatic rings. The topological polar surface area (TPSA) is 0 Å². The van der Waals surface area contributed by atoms with Crippen molar-refractivity contribution in [1.82, 2.24) is 0 Å². The molecule has 0 saturated heterocycles. The molecule has 2 unspecified atom stereocenters. The highest BCUT2D eigenvalue weighted by molar-refractivity contribution is 6.20. The minimum absolute atomic E-state index is 0.514. The van der Waals surface area contributed by atoms with Crippen molar-refractivity contribution in [3.8, 4) is 0 Å². The highest BCUT2D eigenvalue weighted by atomic mass is 35.5. The van der Waals surface area contributed by atoms with Gasteiger partial charge in [-0.05, 0) is 31.1 Å². The predicted octanol–water partition coefficient (Wildman–Crippen LogP) is 3.58. The summed E-state index contributed by atoms with van der Waals surface area (Å²) in [6.45, 7) is 0. The first-order chi connectivity index (χ1) is 5.36. The van der Waals surface area contributed by atoms with Crippen LogP contribution >= 0.6 is 11.6 Å². The van der Waals surface area contributed by atoms with Gasteiger partial charge >= 0.3 is 0 Å². The van der Waals surface area contributed by atoms with Crippen LogP contribution in [0, 0.1) is 11.8 Å².